The second-order valence-corrected chi connectivity index (χ2v) is 5.85. The summed E-state index contributed by atoms with van der Waals surface area (Å²) in [6.07, 6.45) is -0.390. The largest absolute Gasteiger partial charge is 0.447 e. The molecule has 0 spiro atoms. The summed E-state index contributed by atoms with van der Waals surface area (Å²) >= 11 is 5.77. The molecule has 8 heteroatoms. The zero-order valence-corrected chi connectivity index (χ0v) is 14.7. The van der Waals surface area contributed by atoms with Crippen molar-refractivity contribution >= 4 is 34.9 Å². The lowest BCUT2D eigenvalue weighted by atomic mass is 10.1. The van der Waals surface area contributed by atoms with Crippen molar-refractivity contribution in [2.75, 3.05) is 5.32 Å². The minimum absolute atomic E-state index is 0.0398. The van der Waals surface area contributed by atoms with Crippen molar-refractivity contribution in [3.8, 4) is 0 Å². The number of amides is 1. The lowest BCUT2D eigenvalue weighted by molar-refractivity contribution is -0.384. The molecule has 0 aliphatic heterocycles. The van der Waals surface area contributed by atoms with Crippen LogP contribution >= 0.6 is 11.6 Å². The Bertz CT molecular complexity index is 810. The fraction of sp³-hybridized carbons (Fsp3) is 0.222. The minimum atomic E-state index is -1.16. The molecule has 0 saturated heterocycles. The number of hydrogen-bond donors (Lipinski definition) is 1. The molecule has 0 radical (unpaired) electrons. The lowest BCUT2D eigenvalue weighted by Crippen LogP contribution is -2.25. The molecule has 0 saturated carbocycles. The van der Waals surface area contributed by atoms with Crippen LogP contribution in [0, 0.1) is 10.1 Å². The number of anilines is 1. The van der Waals surface area contributed by atoms with Gasteiger partial charge in [-0.15, -0.1) is 0 Å². The summed E-state index contributed by atoms with van der Waals surface area (Å²) in [6, 6.07) is 12.4. The van der Waals surface area contributed by atoms with Gasteiger partial charge >= 0.3 is 5.97 Å². The highest BCUT2D eigenvalue weighted by Crippen LogP contribution is 2.28. The van der Waals surface area contributed by atoms with E-state index in [4.69, 9.17) is 16.3 Å². The van der Waals surface area contributed by atoms with E-state index in [1.54, 1.807) is 30.3 Å². The molecule has 1 amide bonds. The summed E-state index contributed by atoms with van der Waals surface area (Å²) in [6.45, 7) is 1.83. The number of nitro groups is 1. The first-order chi connectivity index (χ1) is 12.4. The fourth-order valence-corrected chi connectivity index (χ4v) is 2.42. The molecule has 0 aliphatic carbocycles. The molecule has 0 fully saturated rings. The Morgan fingerprint density at radius 2 is 1.92 bits per heavy atom. The number of nitro benzene ring substituents is 1. The van der Waals surface area contributed by atoms with Crippen molar-refractivity contribution in [1.29, 1.82) is 0 Å². The van der Waals surface area contributed by atoms with Gasteiger partial charge in [-0.3, -0.25) is 19.7 Å². The number of benzene rings is 2. The maximum atomic E-state index is 12.6. The molecule has 136 valence electrons. The number of hydrogen-bond acceptors (Lipinski definition) is 5. The van der Waals surface area contributed by atoms with Gasteiger partial charge in [0.05, 0.1) is 4.92 Å². The SMILES string of the molecule is CCCC(=O)OC(C(=O)Nc1ccc(Cl)c([N+](=O)[O-])c1)c1ccccc1. The number of carbonyl (C=O) groups is 2. The van der Waals surface area contributed by atoms with E-state index < -0.39 is 22.9 Å². The highest BCUT2D eigenvalue weighted by Gasteiger charge is 2.25. The van der Waals surface area contributed by atoms with E-state index in [2.05, 4.69) is 5.32 Å². The Balaban J connectivity index is 2.25. The van der Waals surface area contributed by atoms with Crippen LogP contribution in [0.3, 0.4) is 0 Å². The molecule has 7 nitrogen and oxygen atoms in total. The summed E-state index contributed by atoms with van der Waals surface area (Å²) in [5.41, 5.74) is 0.347. The van der Waals surface area contributed by atoms with E-state index in [1.807, 2.05) is 6.92 Å². The fourth-order valence-electron chi connectivity index (χ4n) is 2.23. The molecule has 1 N–H and O–H groups in total. The number of nitrogens with zero attached hydrogens (tertiary/aromatic N) is 1. The van der Waals surface area contributed by atoms with Crippen LogP contribution in [0.4, 0.5) is 11.4 Å². The van der Waals surface area contributed by atoms with E-state index in [0.29, 0.717) is 12.0 Å². The van der Waals surface area contributed by atoms with Crippen LogP contribution in [0.15, 0.2) is 48.5 Å². The maximum Gasteiger partial charge on any atom is 0.306 e. The van der Waals surface area contributed by atoms with Crippen molar-refractivity contribution < 1.29 is 19.2 Å². The lowest BCUT2D eigenvalue weighted by Gasteiger charge is -2.18. The highest BCUT2D eigenvalue weighted by molar-refractivity contribution is 6.32. The van der Waals surface area contributed by atoms with Crippen LogP contribution in [-0.4, -0.2) is 16.8 Å². The Morgan fingerprint density at radius 1 is 1.23 bits per heavy atom. The molecule has 0 aromatic heterocycles. The van der Waals surface area contributed by atoms with E-state index in [9.17, 15) is 19.7 Å². The van der Waals surface area contributed by atoms with Gasteiger partial charge in [-0.2, -0.15) is 0 Å². The number of halogens is 1. The summed E-state index contributed by atoms with van der Waals surface area (Å²) in [5, 5.41) is 13.5. The Labute approximate surface area is 155 Å². The van der Waals surface area contributed by atoms with Crippen molar-refractivity contribution in [2.45, 2.75) is 25.9 Å². The van der Waals surface area contributed by atoms with Gasteiger partial charge in [-0.05, 0) is 18.6 Å². The van der Waals surface area contributed by atoms with E-state index in [1.165, 1.54) is 12.1 Å². The molecule has 2 aromatic carbocycles. The van der Waals surface area contributed by atoms with Gasteiger partial charge in [0.1, 0.15) is 5.02 Å². The van der Waals surface area contributed by atoms with Crippen LogP contribution in [0.5, 0.6) is 0 Å². The molecule has 26 heavy (non-hydrogen) atoms. The molecule has 0 bridgehead atoms. The van der Waals surface area contributed by atoms with Crippen LogP contribution in [0.2, 0.25) is 5.02 Å². The second kappa shape index (κ2) is 8.96. The first kappa shape index (κ1) is 19.4. The summed E-state index contributed by atoms with van der Waals surface area (Å²) in [5.74, 6) is -1.11. The quantitative estimate of drug-likeness (QED) is 0.442. The number of nitrogens with one attached hydrogen (secondary N) is 1. The molecule has 0 aliphatic rings. The predicted octanol–water partition coefficient (Wildman–Crippen LogP) is 4.27. The van der Waals surface area contributed by atoms with Crippen LogP contribution in [0.25, 0.3) is 0 Å². The smallest absolute Gasteiger partial charge is 0.306 e. The number of esters is 1. The topological polar surface area (TPSA) is 98.5 Å². The van der Waals surface area contributed by atoms with Gasteiger partial charge in [-0.25, -0.2) is 0 Å². The normalized spacial score (nSPS) is 11.5. The Morgan fingerprint density at radius 3 is 2.54 bits per heavy atom. The van der Waals surface area contributed by atoms with Gasteiger partial charge in [0.15, 0.2) is 0 Å². The molecule has 1 atom stereocenters. The third-order valence-electron chi connectivity index (χ3n) is 3.45. The van der Waals surface area contributed by atoms with E-state index in [0.717, 1.165) is 6.07 Å². The van der Waals surface area contributed by atoms with Gasteiger partial charge in [0.2, 0.25) is 6.10 Å². The van der Waals surface area contributed by atoms with Gasteiger partial charge in [0.25, 0.3) is 11.6 Å². The molecule has 1 unspecified atom stereocenters. The Kier molecular flexibility index (Phi) is 6.68. The van der Waals surface area contributed by atoms with Crippen LogP contribution in [-0.2, 0) is 14.3 Å². The summed E-state index contributed by atoms with van der Waals surface area (Å²) in [4.78, 5) is 34.8. The maximum absolute atomic E-state index is 12.6. The first-order valence-electron chi connectivity index (χ1n) is 7.91. The first-order valence-corrected chi connectivity index (χ1v) is 8.29. The summed E-state index contributed by atoms with van der Waals surface area (Å²) in [7, 11) is 0. The van der Waals surface area contributed by atoms with Crippen LogP contribution in [0.1, 0.15) is 31.4 Å². The number of carbonyl (C=O) groups excluding carboxylic acids is 2. The third-order valence-corrected chi connectivity index (χ3v) is 3.77. The van der Waals surface area contributed by atoms with Gasteiger partial charge in [-0.1, -0.05) is 48.9 Å². The zero-order chi connectivity index (χ0) is 19.1. The van der Waals surface area contributed by atoms with Gasteiger partial charge < -0.3 is 10.1 Å². The average Bonchev–Trinajstić information content (AvgIpc) is 2.62. The second-order valence-electron chi connectivity index (χ2n) is 5.44. The number of ether oxygens (including phenoxy) is 1. The van der Waals surface area contributed by atoms with Gasteiger partial charge in [0, 0.05) is 23.7 Å². The van der Waals surface area contributed by atoms with E-state index in [-0.39, 0.29) is 22.8 Å². The standard InChI is InChI=1S/C18H17ClN2O5/c1-2-6-16(22)26-17(12-7-4-3-5-8-12)18(23)20-13-9-10-14(19)15(11-13)21(24)25/h3-5,7-11,17H,2,6H2,1H3,(H,20,23). The molecular formula is C18H17ClN2O5. The molecule has 2 rings (SSSR count). The minimum Gasteiger partial charge on any atom is -0.447 e. The van der Waals surface area contributed by atoms with Crippen molar-refractivity contribution in [2.24, 2.45) is 0 Å². The third kappa shape index (κ3) is 5.03. The van der Waals surface area contributed by atoms with Crippen molar-refractivity contribution in [3.63, 3.8) is 0 Å². The Hall–Kier alpha value is -2.93. The predicted molar refractivity (Wildman–Crippen MR) is 96.9 cm³/mol. The monoisotopic (exact) mass is 376 g/mol. The summed E-state index contributed by atoms with van der Waals surface area (Å²) < 4.78 is 5.30. The van der Waals surface area contributed by atoms with E-state index >= 15 is 0 Å². The molecule has 2 aromatic rings. The molecular weight excluding hydrogens is 360 g/mol. The zero-order valence-electron chi connectivity index (χ0n) is 14.0. The molecule has 0 heterocycles. The highest BCUT2D eigenvalue weighted by atomic mass is 35.5. The van der Waals surface area contributed by atoms with Crippen LogP contribution < -0.4 is 5.32 Å². The van der Waals surface area contributed by atoms with Crippen molar-refractivity contribution in [3.05, 3.63) is 69.2 Å². The number of rotatable bonds is 7. The average molecular weight is 377 g/mol. The van der Waals surface area contributed by atoms with Crippen molar-refractivity contribution in [1.82, 2.24) is 0 Å².